The summed E-state index contributed by atoms with van der Waals surface area (Å²) in [4.78, 5) is 25.6. The molecule has 9 nitrogen and oxygen atoms in total. The number of rotatable bonds is 10. The van der Waals surface area contributed by atoms with Gasteiger partial charge in [-0.05, 0) is 55.3 Å². The zero-order valence-corrected chi connectivity index (χ0v) is 20.5. The first-order valence-electron chi connectivity index (χ1n) is 12.1. The fraction of sp³-hybridized carbons (Fsp3) is 0.423. The quantitative estimate of drug-likeness (QED) is 0.231. The summed E-state index contributed by atoms with van der Waals surface area (Å²) in [5.41, 5.74) is 4.78. The van der Waals surface area contributed by atoms with E-state index in [1.165, 1.54) is 0 Å². The van der Waals surface area contributed by atoms with Gasteiger partial charge in [-0.1, -0.05) is 24.6 Å². The predicted octanol–water partition coefficient (Wildman–Crippen LogP) is 3.53. The van der Waals surface area contributed by atoms with Crippen molar-refractivity contribution in [1.82, 2.24) is 20.3 Å². The molecule has 3 aromatic rings. The van der Waals surface area contributed by atoms with Gasteiger partial charge in [0.15, 0.2) is 0 Å². The Balaban J connectivity index is 1.56. The molecule has 0 spiro atoms. The molecule has 0 atom stereocenters. The van der Waals surface area contributed by atoms with Crippen molar-refractivity contribution in [3.63, 3.8) is 0 Å². The molecule has 1 amide bonds. The van der Waals surface area contributed by atoms with Gasteiger partial charge >= 0.3 is 0 Å². The molecule has 1 fully saturated rings. The third kappa shape index (κ3) is 6.37. The van der Waals surface area contributed by atoms with Gasteiger partial charge in [0, 0.05) is 44.5 Å². The highest BCUT2D eigenvalue weighted by Crippen LogP contribution is 2.30. The number of unbranched alkanes of at least 4 members (excludes halogenated alkanes) is 2. The minimum atomic E-state index is -0.343. The second-order valence-corrected chi connectivity index (χ2v) is 8.90. The van der Waals surface area contributed by atoms with E-state index >= 15 is 0 Å². The van der Waals surface area contributed by atoms with E-state index < -0.39 is 0 Å². The second kappa shape index (κ2) is 11.8. The van der Waals surface area contributed by atoms with Crippen LogP contribution in [0, 0.1) is 0 Å². The van der Waals surface area contributed by atoms with Gasteiger partial charge in [-0.3, -0.25) is 10.0 Å². The first kappa shape index (κ1) is 24.7. The number of ether oxygens (including phenoxy) is 1. The molecular formula is C26H34N6O3. The molecule has 0 saturated carbocycles. The number of methoxy groups -OCH3 is 1. The average molecular weight is 479 g/mol. The van der Waals surface area contributed by atoms with Crippen LogP contribution in [0.3, 0.4) is 0 Å². The summed E-state index contributed by atoms with van der Waals surface area (Å²) in [5.74, 6) is 2.07. The predicted molar refractivity (Wildman–Crippen MR) is 138 cm³/mol. The summed E-state index contributed by atoms with van der Waals surface area (Å²) in [6.45, 7) is 4.50. The molecule has 1 aliphatic rings. The average Bonchev–Trinajstić information content (AvgIpc) is 2.90. The van der Waals surface area contributed by atoms with Crippen LogP contribution < -0.4 is 20.4 Å². The van der Waals surface area contributed by atoms with Crippen LogP contribution in [-0.4, -0.2) is 72.9 Å². The van der Waals surface area contributed by atoms with Gasteiger partial charge in [-0.25, -0.2) is 10.5 Å². The Labute approximate surface area is 206 Å². The van der Waals surface area contributed by atoms with Gasteiger partial charge in [0.1, 0.15) is 11.6 Å². The van der Waals surface area contributed by atoms with Crippen LogP contribution in [0.2, 0.25) is 0 Å². The number of carbonyl (C=O) groups excluding carboxylic acids is 1. The number of nitrogens with one attached hydrogen (secondary N) is 2. The standard InChI is InChI=1S/C26H34N6O3/c1-31-14-16-32(17-15-31)26-28-23-18-20(19-7-10-21(35-2)11-8-19)9-12-22(23)25(29-26)27-13-5-3-4-6-24(33)30-34/h7-12,18,34H,3-6,13-17H2,1-2H3,(H,30,33)(H,27,28,29). The fourth-order valence-electron chi connectivity index (χ4n) is 4.21. The highest BCUT2D eigenvalue weighted by molar-refractivity contribution is 5.93. The molecule has 35 heavy (non-hydrogen) atoms. The molecule has 186 valence electrons. The Hall–Kier alpha value is -3.43. The number of aromatic nitrogens is 2. The van der Waals surface area contributed by atoms with E-state index in [1.54, 1.807) is 12.6 Å². The lowest BCUT2D eigenvalue weighted by Crippen LogP contribution is -2.45. The maximum absolute atomic E-state index is 11.2. The van der Waals surface area contributed by atoms with Crippen molar-refractivity contribution >= 4 is 28.6 Å². The molecule has 1 aliphatic heterocycles. The lowest BCUT2D eigenvalue weighted by Gasteiger charge is -2.32. The largest absolute Gasteiger partial charge is 0.497 e. The number of benzene rings is 2. The smallest absolute Gasteiger partial charge is 0.243 e. The molecule has 9 heteroatoms. The van der Waals surface area contributed by atoms with Gasteiger partial charge in [-0.2, -0.15) is 4.98 Å². The lowest BCUT2D eigenvalue weighted by molar-refractivity contribution is -0.129. The highest BCUT2D eigenvalue weighted by Gasteiger charge is 2.19. The van der Waals surface area contributed by atoms with Crippen LogP contribution in [0.1, 0.15) is 25.7 Å². The monoisotopic (exact) mass is 478 g/mol. The first-order valence-corrected chi connectivity index (χ1v) is 12.1. The van der Waals surface area contributed by atoms with E-state index in [4.69, 9.17) is 19.9 Å². The molecule has 0 radical (unpaired) electrons. The SMILES string of the molecule is COc1ccc(-c2ccc3c(NCCCCCC(=O)NO)nc(N4CCN(C)CC4)nc3c2)cc1. The van der Waals surface area contributed by atoms with E-state index in [2.05, 4.69) is 52.5 Å². The zero-order chi connectivity index (χ0) is 24.6. The molecule has 1 saturated heterocycles. The van der Waals surface area contributed by atoms with Crippen molar-refractivity contribution in [2.75, 3.05) is 57.1 Å². The number of likely N-dealkylation sites (N-methyl/N-ethyl adjacent to an activating group) is 1. The van der Waals surface area contributed by atoms with E-state index in [0.29, 0.717) is 6.42 Å². The van der Waals surface area contributed by atoms with Crippen LogP contribution in [0.15, 0.2) is 42.5 Å². The molecule has 0 bridgehead atoms. The maximum atomic E-state index is 11.2. The van der Waals surface area contributed by atoms with Crippen LogP contribution in [-0.2, 0) is 4.79 Å². The normalized spacial score (nSPS) is 14.2. The fourth-order valence-corrected chi connectivity index (χ4v) is 4.21. The van der Waals surface area contributed by atoms with Crippen molar-refractivity contribution in [1.29, 1.82) is 0 Å². The minimum Gasteiger partial charge on any atom is -0.497 e. The second-order valence-electron chi connectivity index (χ2n) is 8.90. The zero-order valence-electron chi connectivity index (χ0n) is 20.5. The Morgan fingerprint density at radius 1 is 1.00 bits per heavy atom. The van der Waals surface area contributed by atoms with Crippen molar-refractivity contribution < 1.29 is 14.7 Å². The van der Waals surface area contributed by atoms with E-state index in [-0.39, 0.29) is 5.91 Å². The molecule has 1 aromatic heterocycles. The van der Waals surface area contributed by atoms with Gasteiger partial charge in [0.05, 0.1) is 12.6 Å². The van der Waals surface area contributed by atoms with Crippen molar-refractivity contribution in [3.8, 4) is 16.9 Å². The molecule has 4 rings (SSSR count). The number of anilines is 2. The Morgan fingerprint density at radius 2 is 1.74 bits per heavy atom. The first-order chi connectivity index (χ1) is 17.1. The summed E-state index contributed by atoms with van der Waals surface area (Å²) in [5, 5.41) is 13.1. The van der Waals surface area contributed by atoms with Gasteiger partial charge in [0.25, 0.3) is 0 Å². The number of hydroxylamine groups is 1. The molecular weight excluding hydrogens is 444 g/mol. The molecule has 2 heterocycles. The lowest BCUT2D eigenvalue weighted by atomic mass is 10.0. The Bertz CT molecular complexity index is 1130. The number of hydrogen-bond donors (Lipinski definition) is 3. The number of piperazine rings is 1. The van der Waals surface area contributed by atoms with Crippen LogP contribution >= 0.6 is 0 Å². The highest BCUT2D eigenvalue weighted by atomic mass is 16.5. The summed E-state index contributed by atoms with van der Waals surface area (Å²) in [6, 6.07) is 14.3. The van der Waals surface area contributed by atoms with E-state index in [1.807, 2.05) is 12.1 Å². The molecule has 0 aliphatic carbocycles. The number of hydrogen-bond acceptors (Lipinski definition) is 8. The van der Waals surface area contributed by atoms with E-state index in [0.717, 1.165) is 91.5 Å². The maximum Gasteiger partial charge on any atom is 0.243 e. The number of carbonyl (C=O) groups is 1. The molecule has 0 unspecified atom stereocenters. The summed E-state index contributed by atoms with van der Waals surface area (Å²) in [6.07, 6.45) is 2.85. The van der Waals surface area contributed by atoms with Gasteiger partial charge in [-0.15, -0.1) is 0 Å². The molecule has 3 N–H and O–H groups in total. The van der Waals surface area contributed by atoms with Gasteiger partial charge in [0.2, 0.25) is 11.9 Å². The van der Waals surface area contributed by atoms with Crippen LogP contribution in [0.5, 0.6) is 5.75 Å². The van der Waals surface area contributed by atoms with Crippen molar-refractivity contribution in [2.24, 2.45) is 0 Å². The minimum absolute atomic E-state index is 0.328. The third-order valence-corrected chi connectivity index (χ3v) is 6.39. The van der Waals surface area contributed by atoms with Crippen LogP contribution in [0.4, 0.5) is 11.8 Å². The van der Waals surface area contributed by atoms with E-state index in [9.17, 15) is 4.79 Å². The van der Waals surface area contributed by atoms with Crippen LogP contribution in [0.25, 0.3) is 22.0 Å². The summed E-state index contributed by atoms with van der Waals surface area (Å²) < 4.78 is 5.29. The summed E-state index contributed by atoms with van der Waals surface area (Å²) >= 11 is 0. The Morgan fingerprint density at radius 3 is 2.46 bits per heavy atom. The summed E-state index contributed by atoms with van der Waals surface area (Å²) in [7, 11) is 3.80. The Kier molecular flexibility index (Phi) is 8.33. The number of fused-ring (bicyclic) bond motifs is 1. The van der Waals surface area contributed by atoms with Crippen molar-refractivity contribution in [3.05, 3.63) is 42.5 Å². The van der Waals surface area contributed by atoms with Crippen molar-refractivity contribution in [2.45, 2.75) is 25.7 Å². The third-order valence-electron chi connectivity index (χ3n) is 6.39. The number of amides is 1. The topological polar surface area (TPSA) is 103 Å². The molecule has 2 aromatic carbocycles. The van der Waals surface area contributed by atoms with Gasteiger partial charge < -0.3 is 19.9 Å². The number of nitrogens with zero attached hydrogens (tertiary/aromatic N) is 4.